The van der Waals surface area contributed by atoms with Crippen LogP contribution >= 0.6 is 0 Å². The van der Waals surface area contributed by atoms with Crippen LogP contribution in [-0.2, 0) is 19.1 Å². The summed E-state index contributed by atoms with van der Waals surface area (Å²) in [5, 5.41) is 10.5. The van der Waals surface area contributed by atoms with E-state index in [1.54, 1.807) is 0 Å². The maximum Gasteiger partial charge on any atom is 1.00 e. The zero-order chi connectivity index (χ0) is 9.72. The second-order valence-electron chi connectivity index (χ2n) is 1.63. The van der Waals surface area contributed by atoms with Crippen LogP contribution in [0.5, 0.6) is 0 Å². The number of esters is 2. The molecule has 0 fully saturated rings. The van der Waals surface area contributed by atoms with Crippen LogP contribution < -0.4 is 34.7 Å². The SMILES string of the molecule is COC(=O)/C([O-])=C(\F)C(=O)OC.[Na+]. The van der Waals surface area contributed by atoms with E-state index in [2.05, 4.69) is 9.47 Å². The molecular formula is C6H6FNaO5. The Labute approximate surface area is 95.8 Å². The molecule has 0 spiro atoms. The van der Waals surface area contributed by atoms with Crippen molar-refractivity contribution in [1.82, 2.24) is 0 Å². The molecule has 5 nitrogen and oxygen atoms in total. The summed E-state index contributed by atoms with van der Waals surface area (Å²) in [4.78, 5) is 20.6. The number of carbonyl (C=O) groups excluding carboxylic acids is 2. The number of hydrogen-bond donors (Lipinski definition) is 0. The Morgan fingerprint density at radius 3 is 1.85 bits per heavy atom. The number of halogens is 1. The predicted molar refractivity (Wildman–Crippen MR) is 32.2 cm³/mol. The van der Waals surface area contributed by atoms with Gasteiger partial charge < -0.3 is 14.6 Å². The molecule has 0 heterocycles. The minimum Gasteiger partial charge on any atom is -0.865 e. The van der Waals surface area contributed by atoms with E-state index in [1.165, 1.54) is 0 Å². The third-order valence-corrected chi connectivity index (χ3v) is 0.935. The fourth-order valence-corrected chi connectivity index (χ4v) is 0.365. The molecule has 0 amide bonds. The molecule has 7 heteroatoms. The molecule has 0 aromatic carbocycles. The van der Waals surface area contributed by atoms with Gasteiger partial charge in [-0.2, -0.15) is 4.39 Å². The van der Waals surface area contributed by atoms with Crippen molar-refractivity contribution in [2.45, 2.75) is 0 Å². The van der Waals surface area contributed by atoms with Crippen molar-refractivity contribution in [2.75, 3.05) is 14.2 Å². The smallest absolute Gasteiger partial charge is 0.865 e. The molecule has 13 heavy (non-hydrogen) atoms. The molecule has 0 aliphatic rings. The molecule has 0 atom stereocenters. The standard InChI is InChI=1S/C6H7FO5.Na/c1-11-5(9)3(7)4(8)6(10)12-2;/h8H,1-2H3;/q;+1/p-1/b4-3+;. The van der Waals surface area contributed by atoms with E-state index in [9.17, 15) is 19.1 Å². The van der Waals surface area contributed by atoms with Crippen molar-refractivity contribution in [1.29, 1.82) is 0 Å². The van der Waals surface area contributed by atoms with Crippen molar-refractivity contribution < 1.29 is 58.1 Å². The van der Waals surface area contributed by atoms with Crippen molar-refractivity contribution >= 4 is 11.9 Å². The van der Waals surface area contributed by atoms with Gasteiger partial charge in [0.2, 0.25) is 5.83 Å². The van der Waals surface area contributed by atoms with E-state index in [-0.39, 0.29) is 29.6 Å². The van der Waals surface area contributed by atoms with Crippen LogP contribution in [-0.4, -0.2) is 26.2 Å². The van der Waals surface area contributed by atoms with Crippen LogP contribution in [0.25, 0.3) is 0 Å². The van der Waals surface area contributed by atoms with Crippen LogP contribution in [0.2, 0.25) is 0 Å². The van der Waals surface area contributed by atoms with Gasteiger partial charge in [0.15, 0.2) is 0 Å². The molecule has 0 aliphatic carbocycles. The first kappa shape index (κ1) is 14.9. The maximum absolute atomic E-state index is 12.4. The van der Waals surface area contributed by atoms with Gasteiger partial charge in [-0.05, 0) is 0 Å². The van der Waals surface area contributed by atoms with Crippen LogP contribution in [0.4, 0.5) is 4.39 Å². The molecule has 0 aromatic heterocycles. The molecule has 0 aromatic rings. The third kappa shape index (κ3) is 4.25. The minimum atomic E-state index is -1.79. The number of hydrogen-bond acceptors (Lipinski definition) is 5. The summed E-state index contributed by atoms with van der Waals surface area (Å²) in [5.74, 6) is -6.38. The molecule has 68 valence electrons. The predicted octanol–water partition coefficient (Wildman–Crippen LogP) is -4.12. The van der Waals surface area contributed by atoms with Gasteiger partial charge in [0.05, 0.1) is 14.2 Å². The molecular weight excluding hydrogens is 194 g/mol. The van der Waals surface area contributed by atoms with Gasteiger partial charge >= 0.3 is 41.5 Å². The molecule has 0 N–H and O–H groups in total. The average Bonchev–Trinajstić information content (AvgIpc) is 2.12. The Balaban J connectivity index is 0. The summed E-state index contributed by atoms with van der Waals surface area (Å²) in [7, 11) is 1.78. The zero-order valence-corrected chi connectivity index (χ0v) is 9.42. The fourth-order valence-electron chi connectivity index (χ4n) is 0.365. The molecule has 0 bridgehead atoms. The van der Waals surface area contributed by atoms with E-state index in [0.29, 0.717) is 0 Å². The quantitative estimate of drug-likeness (QED) is 0.196. The van der Waals surface area contributed by atoms with Crippen molar-refractivity contribution in [2.24, 2.45) is 0 Å². The molecule has 0 saturated heterocycles. The Morgan fingerprint density at radius 2 is 1.54 bits per heavy atom. The molecule has 0 saturated carbocycles. The van der Waals surface area contributed by atoms with Crippen molar-refractivity contribution in [3.8, 4) is 0 Å². The first-order valence-corrected chi connectivity index (χ1v) is 2.78. The van der Waals surface area contributed by atoms with E-state index in [1.807, 2.05) is 0 Å². The Hall–Kier alpha value is -0.590. The monoisotopic (exact) mass is 200 g/mol. The summed E-state index contributed by atoms with van der Waals surface area (Å²) in [5.41, 5.74) is 0. The fraction of sp³-hybridized carbons (Fsp3) is 0.333. The molecule has 0 unspecified atom stereocenters. The Bertz CT molecular complexity index is 213. The van der Waals surface area contributed by atoms with Crippen LogP contribution in [0.1, 0.15) is 0 Å². The van der Waals surface area contributed by atoms with E-state index in [0.717, 1.165) is 14.2 Å². The minimum absolute atomic E-state index is 0. The average molecular weight is 200 g/mol. The number of ether oxygens (including phenoxy) is 2. The molecule has 0 rings (SSSR count). The van der Waals surface area contributed by atoms with Crippen LogP contribution in [0.3, 0.4) is 0 Å². The number of rotatable bonds is 2. The largest absolute Gasteiger partial charge is 1.00 e. The van der Waals surface area contributed by atoms with E-state index < -0.39 is 23.5 Å². The summed E-state index contributed by atoms with van der Waals surface area (Å²) < 4.78 is 20.1. The van der Waals surface area contributed by atoms with Gasteiger partial charge in [-0.3, -0.25) is 0 Å². The maximum atomic E-state index is 12.4. The first-order valence-electron chi connectivity index (χ1n) is 2.78. The summed E-state index contributed by atoms with van der Waals surface area (Å²) in [6.45, 7) is 0. The Kier molecular flexibility index (Phi) is 7.89. The zero-order valence-electron chi connectivity index (χ0n) is 7.42. The van der Waals surface area contributed by atoms with Crippen molar-refractivity contribution in [3.05, 3.63) is 11.6 Å². The van der Waals surface area contributed by atoms with E-state index >= 15 is 0 Å². The molecule has 0 aliphatic heterocycles. The van der Waals surface area contributed by atoms with Gasteiger partial charge in [-0.1, -0.05) is 0 Å². The Morgan fingerprint density at radius 1 is 1.15 bits per heavy atom. The first-order chi connectivity index (χ1) is 5.54. The van der Waals surface area contributed by atoms with Gasteiger partial charge in [0.25, 0.3) is 0 Å². The third-order valence-electron chi connectivity index (χ3n) is 0.935. The molecule has 0 radical (unpaired) electrons. The van der Waals surface area contributed by atoms with E-state index in [4.69, 9.17) is 0 Å². The second kappa shape index (κ2) is 6.88. The normalized spacial score (nSPS) is 10.7. The van der Waals surface area contributed by atoms with Gasteiger partial charge in [-0.25, -0.2) is 9.59 Å². The van der Waals surface area contributed by atoms with Gasteiger partial charge in [-0.15, -0.1) is 0 Å². The topological polar surface area (TPSA) is 75.7 Å². The summed E-state index contributed by atoms with van der Waals surface area (Å²) in [6, 6.07) is 0. The van der Waals surface area contributed by atoms with Crippen LogP contribution in [0.15, 0.2) is 11.6 Å². The summed E-state index contributed by atoms with van der Waals surface area (Å²) in [6.07, 6.45) is 0. The van der Waals surface area contributed by atoms with Gasteiger partial charge in [0.1, 0.15) is 0 Å². The second-order valence-corrected chi connectivity index (χ2v) is 1.63. The van der Waals surface area contributed by atoms with Crippen LogP contribution in [0, 0.1) is 0 Å². The number of methoxy groups -OCH3 is 2. The summed E-state index contributed by atoms with van der Waals surface area (Å²) >= 11 is 0. The number of carbonyl (C=O) groups is 2. The van der Waals surface area contributed by atoms with Gasteiger partial charge in [0, 0.05) is 5.76 Å². The van der Waals surface area contributed by atoms with Crippen molar-refractivity contribution in [3.63, 3.8) is 0 Å².